The number of carboxylic acid groups (broad SMARTS) is 1. The number of hydrogen-bond donors (Lipinski definition) is 2. The van der Waals surface area contributed by atoms with Crippen LogP contribution in [0.3, 0.4) is 0 Å². The smallest absolute Gasteiger partial charge is 0.309 e. The molecule has 0 saturated carbocycles. The number of anilines is 1. The van der Waals surface area contributed by atoms with Gasteiger partial charge in [-0.1, -0.05) is 23.2 Å². The quantitative estimate of drug-likeness (QED) is 0.249. The van der Waals surface area contributed by atoms with Gasteiger partial charge in [-0.05, 0) is 88.5 Å². The van der Waals surface area contributed by atoms with Gasteiger partial charge in [-0.2, -0.15) is 0 Å². The van der Waals surface area contributed by atoms with Crippen LogP contribution < -0.4 is 15.0 Å². The fourth-order valence-corrected chi connectivity index (χ4v) is 6.34. The molecule has 2 fully saturated rings. The second kappa shape index (κ2) is 15.6. The predicted molar refractivity (Wildman–Crippen MR) is 183 cm³/mol. The molecule has 2 aliphatic rings. The molecule has 0 spiro atoms. The SMILES string of the molecule is CC(=O)NCC1CCN(Cc2cc(Oc3cnc(N4CCN(CCC(C)(C)C(=O)O)CC4)nc3)nc(-c3cc(Cl)cc(Cl)c3)c2)CC1. The Balaban J connectivity index is 1.24. The van der Waals surface area contributed by atoms with Crippen molar-refractivity contribution in [3.8, 4) is 22.9 Å². The van der Waals surface area contributed by atoms with E-state index in [0.717, 1.165) is 82.9 Å². The number of piperazine rings is 1. The Labute approximate surface area is 286 Å². The zero-order chi connectivity index (χ0) is 33.6. The second-order valence-electron chi connectivity index (χ2n) is 13.1. The van der Waals surface area contributed by atoms with Crippen LogP contribution in [0.1, 0.15) is 45.6 Å². The van der Waals surface area contributed by atoms with Crippen LogP contribution in [0.2, 0.25) is 10.0 Å². The van der Waals surface area contributed by atoms with Gasteiger partial charge >= 0.3 is 5.97 Å². The molecule has 0 bridgehead atoms. The molecule has 11 nitrogen and oxygen atoms in total. The first-order valence-electron chi connectivity index (χ1n) is 16.1. The maximum absolute atomic E-state index is 11.4. The number of piperidine rings is 1. The molecular formula is C34H43Cl2N7O4. The van der Waals surface area contributed by atoms with Crippen LogP contribution in [0.4, 0.5) is 5.95 Å². The number of ether oxygens (including phenoxy) is 1. The van der Waals surface area contributed by atoms with Gasteiger partial charge in [-0.3, -0.25) is 19.4 Å². The maximum atomic E-state index is 11.4. The minimum atomic E-state index is -0.768. The summed E-state index contributed by atoms with van der Waals surface area (Å²) in [6.07, 6.45) is 5.97. The Bertz CT molecular complexity index is 1520. The third-order valence-electron chi connectivity index (χ3n) is 8.90. The molecular weight excluding hydrogens is 641 g/mol. The van der Waals surface area contributed by atoms with Gasteiger partial charge in [0.1, 0.15) is 0 Å². The van der Waals surface area contributed by atoms with E-state index in [0.29, 0.717) is 45.7 Å². The summed E-state index contributed by atoms with van der Waals surface area (Å²) in [5, 5.41) is 13.4. The predicted octanol–water partition coefficient (Wildman–Crippen LogP) is 5.61. The number of carbonyl (C=O) groups is 2. The molecule has 0 aliphatic carbocycles. The molecule has 4 heterocycles. The number of likely N-dealkylation sites (tertiary alicyclic amines) is 1. The molecule has 0 atom stereocenters. The van der Waals surface area contributed by atoms with E-state index in [9.17, 15) is 14.7 Å². The number of aliphatic carboxylic acids is 1. The van der Waals surface area contributed by atoms with Crippen molar-refractivity contribution >= 4 is 41.0 Å². The molecule has 47 heavy (non-hydrogen) atoms. The van der Waals surface area contributed by atoms with Crippen LogP contribution in [0, 0.1) is 11.3 Å². The molecule has 1 amide bonds. The Morgan fingerprint density at radius 3 is 2.23 bits per heavy atom. The molecule has 252 valence electrons. The Kier molecular flexibility index (Phi) is 11.5. The lowest BCUT2D eigenvalue weighted by Gasteiger charge is -2.35. The highest BCUT2D eigenvalue weighted by atomic mass is 35.5. The summed E-state index contributed by atoms with van der Waals surface area (Å²) in [5.74, 6) is 1.25. The van der Waals surface area contributed by atoms with Crippen LogP contribution in [-0.4, -0.2) is 94.1 Å². The van der Waals surface area contributed by atoms with E-state index in [1.54, 1.807) is 39.2 Å². The Hall–Kier alpha value is -3.51. The summed E-state index contributed by atoms with van der Waals surface area (Å²) >= 11 is 12.7. The Morgan fingerprint density at radius 2 is 1.62 bits per heavy atom. The molecule has 5 rings (SSSR count). The first-order chi connectivity index (χ1) is 22.4. The fourth-order valence-electron chi connectivity index (χ4n) is 5.81. The van der Waals surface area contributed by atoms with E-state index in [4.69, 9.17) is 32.9 Å². The minimum Gasteiger partial charge on any atom is -0.481 e. The topological polar surface area (TPSA) is 124 Å². The molecule has 1 aromatic carbocycles. The highest BCUT2D eigenvalue weighted by Gasteiger charge is 2.28. The van der Waals surface area contributed by atoms with E-state index in [-0.39, 0.29) is 5.91 Å². The average molecular weight is 685 g/mol. The summed E-state index contributed by atoms with van der Waals surface area (Å²) in [7, 11) is 0. The number of pyridine rings is 1. The van der Waals surface area contributed by atoms with Crippen molar-refractivity contribution in [3.63, 3.8) is 0 Å². The molecule has 13 heteroatoms. The molecule has 2 N–H and O–H groups in total. The monoisotopic (exact) mass is 683 g/mol. The number of halogens is 2. The van der Waals surface area contributed by atoms with Crippen molar-refractivity contribution in [2.24, 2.45) is 11.3 Å². The Morgan fingerprint density at radius 1 is 0.957 bits per heavy atom. The van der Waals surface area contributed by atoms with Crippen LogP contribution in [-0.2, 0) is 16.1 Å². The van der Waals surface area contributed by atoms with E-state index in [1.165, 1.54) is 0 Å². The van der Waals surface area contributed by atoms with E-state index in [2.05, 4.69) is 30.0 Å². The number of amides is 1. The molecule has 2 aromatic heterocycles. The largest absolute Gasteiger partial charge is 0.481 e. The van der Waals surface area contributed by atoms with E-state index in [1.807, 2.05) is 24.3 Å². The number of aromatic nitrogens is 3. The van der Waals surface area contributed by atoms with Crippen molar-refractivity contribution in [2.75, 3.05) is 57.3 Å². The van der Waals surface area contributed by atoms with Crippen molar-refractivity contribution in [1.82, 2.24) is 30.1 Å². The van der Waals surface area contributed by atoms with Crippen LogP contribution in [0.5, 0.6) is 11.6 Å². The molecule has 2 saturated heterocycles. The molecule has 0 radical (unpaired) electrons. The fraction of sp³-hybridized carbons (Fsp3) is 0.500. The number of rotatable bonds is 12. The third-order valence-corrected chi connectivity index (χ3v) is 9.33. The summed E-state index contributed by atoms with van der Waals surface area (Å²) in [5.41, 5.74) is 1.80. The van der Waals surface area contributed by atoms with Crippen molar-refractivity contribution in [1.29, 1.82) is 0 Å². The normalized spacial score (nSPS) is 16.7. The molecule has 3 aromatic rings. The number of carbonyl (C=O) groups excluding carboxylic acids is 1. The van der Waals surface area contributed by atoms with Gasteiger partial charge in [0.25, 0.3) is 0 Å². The lowest BCUT2D eigenvalue weighted by molar-refractivity contribution is -0.147. The van der Waals surface area contributed by atoms with Crippen molar-refractivity contribution < 1.29 is 19.4 Å². The van der Waals surface area contributed by atoms with Gasteiger partial charge < -0.3 is 20.1 Å². The zero-order valence-electron chi connectivity index (χ0n) is 27.2. The van der Waals surface area contributed by atoms with Gasteiger partial charge in [0, 0.05) is 67.9 Å². The highest BCUT2D eigenvalue weighted by molar-refractivity contribution is 6.35. The second-order valence-corrected chi connectivity index (χ2v) is 14.0. The maximum Gasteiger partial charge on any atom is 0.309 e. The standard InChI is InChI=1S/C34H43Cl2N7O4/c1-23(44)37-19-24-4-7-42(8-5-24)22-25-14-30(26-16-27(35)18-28(36)17-26)40-31(15-25)47-29-20-38-33(39-21-29)43-12-10-41(11-13-43)9-6-34(2,3)32(45)46/h14-18,20-21,24H,4-13,19,22H2,1-3H3,(H,37,44)(H,45,46). The van der Waals surface area contributed by atoms with Crippen molar-refractivity contribution in [2.45, 2.75) is 46.6 Å². The lowest BCUT2D eigenvalue weighted by atomic mass is 9.89. The lowest BCUT2D eigenvalue weighted by Crippen LogP contribution is -2.48. The van der Waals surface area contributed by atoms with Crippen LogP contribution in [0.15, 0.2) is 42.7 Å². The van der Waals surface area contributed by atoms with Crippen LogP contribution >= 0.6 is 23.2 Å². The first kappa shape index (κ1) is 34.8. The number of nitrogens with one attached hydrogen (secondary N) is 1. The summed E-state index contributed by atoms with van der Waals surface area (Å²) in [6.45, 7) is 12.3. The van der Waals surface area contributed by atoms with Gasteiger partial charge in [0.05, 0.1) is 23.5 Å². The summed E-state index contributed by atoms with van der Waals surface area (Å²) in [4.78, 5) is 43.5. The first-order valence-corrected chi connectivity index (χ1v) is 16.8. The van der Waals surface area contributed by atoms with E-state index >= 15 is 0 Å². The number of nitrogens with zero attached hydrogens (tertiary/aromatic N) is 6. The third kappa shape index (κ3) is 9.99. The number of benzene rings is 1. The summed E-state index contributed by atoms with van der Waals surface area (Å²) < 4.78 is 6.21. The highest BCUT2D eigenvalue weighted by Crippen LogP contribution is 2.31. The van der Waals surface area contributed by atoms with Gasteiger partial charge in [-0.25, -0.2) is 15.0 Å². The zero-order valence-corrected chi connectivity index (χ0v) is 28.7. The molecule has 0 unspecified atom stereocenters. The van der Waals surface area contributed by atoms with Gasteiger partial charge in [0.15, 0.2) is 5.75 Å². The number of hydrogen-bond acceptors (Lipinski definition) is 9. The van der Waals surface area contributed by atoms with Crippen molar-refractivity contribution in [3.05, 3.63) is 58.3 Å². The minimum absolute atomic E-state index is 0.0132. The van der Waals surface area contributed by atoms with E-state index < -0.39 is 11.4 Å². The number of carboxylic acids is 1. The average Bonchev–Trinajstić information content (AvgIpc) is 3.03. The van der Waals surface area contributed by atoms with Crippen LogP contribution in [0.25, 0.3) is 11.3 Å². The van der Waals surface area contributed by atoms with Gasteiger partial charge in [-0.15, -0.1) is 0 Å². The molecule has 2 aliphatic heterocycles. The summed E-state index contributed by atoms with van der Waals surface area (Å²) in [6, 6.07) is 9.35. The van der Waals surface area contributed by atoms with Gasteiger partial charge in [0.2, 0.25) is 17.7 Å².